The van der Waals surface area contributed by atoms with Gasteiger partial charge in [-0.05, 0) is 5.92 Å². The highest BCUT2D eigenvalue weighted by Crippen LogP contribution is 2.22. The van der Waals surface area contributed by atoms with Gasteiger partial charge in [0.25, 0.3) is 5.56 Å². The van der Waals surface area contributed by atoms with Crippen molar-refractivity contribution in [2.45, 2.75) is 46.6 Å². The summed E-state index contributed by atoms with van der Waals surface area (Å²) < 4.78 is 12.3. The summed E-state index contributed by atoms with van der Waals surface area (Å²) in [5.74, 6) is 0.663. The minimum atomic E-state index is -0.346. The van der Waals surface area contributed by atoms with Crippen molar-refractivity contribution in [1.82, 2.24) is 20.0 Å². The lowest BCUT2D eigenvalue weighted by Gasteiger charge is -2.30. The summed E-state index contributed by atoms with van der Waals surface area (Å²) in [6.07, 6.45) is 0.660. The fourth-order valence-corrected chi connectivity index (χ4v) is 2.95. The number of hydrogen-bond donors (Lipinski definition) is 1. The summed E-state index contributed by atoms with van der Waals surface area (Å²) in [7, 11) is 0. The number of aromatic nitrogens is 2. The number of carbonyl (C=O) groups excluding carboxylic acids is 1. The third-order valence-corrected chi connectivity index (χ3v) is 4.60. The second-order valence-electron chi connectivity index (χ2n) is 8.01. The lowest BCUT2D eigenvalue weighted by molar-refractivity contribution is -0.121. The molecule has 162 valence electrons. The van der Waals surface area contributed by atoms with Gasteiger partial charge in [0.05, 0.1) is 19.8 Å². The second-order valence-corrected chi connectivity index (χ2v) is 8.01. The van der Waals surface area contributed by atoms with Crippen LogP contribution in [0.1, 0.15) is 45.7 Å². The number of nitrogens with one attached hydrogen (secondary N) is 1. The van der Waals surface area contributed by atoms with E-state index in [-0.39, 0.29) is 23.9 Å². The molecule has 0 bridgehead atoms. The largest absolute Gasteiger partial charge is 0.491 e. The van der Waals surface area contributed by atoms with E-state index in [9.17, 15) is 9.59 Å². The summed E-state index contributed by atoms with van der Waals surface area (Å²) >= 11 is 0. The molecule has 1 saturated heterocycles. The maximum Gasteiger partial charge on any atom is 0.270 e. The molecule has 0 atom stereocenters. The summed E-state index contributed by atoms with van der Waals surface area (Å²) in [5.41, 5.74) is 1.32. The van der Waals surface area contributed by atoms with Crippen LogP contribution in [-0.2, 0) is 16.1 Å². The van der Waals surface area contributed by atoms with Crippen LogP contribution in [0, 0.1) is 5.92 Å². The molecular weight excluding hydrogens is 372 g/mol. The van der Waals surface area contributed by atoms with E-state index >= 15 is 0 Å². The van der Waals surface area contributed by atoms with Crippen LogP contribution in [-0.4, -0.2) is 60.0 Å². The van der Waals surface area contributed by atoms with Crippen LogP contribution in [0.3, 0.4) is 0 Å². The van der Waals surface area contributed by atoms with Crippen molar-refractivity contribution < 1.29 is 14.3 Å². The van der Waals surface area contributed by atoms with E-state index in [2.05, 4.69) is 21.9 Å². The first kappa shape index (κ1) is 22.9. The molecule has 1 fully saturated rings. The number of nitrogens with zero attached hydrogens (tertiary/aromatic N) is 3. The van der Waals surface area contributed by atoms with Crippen LogP contribution in [0.5, 0.6) is 5.75 Å². The van der Waals surface area contributed by atoms with E-state index < -0.39 is 0 Å². The second kappa shape index (κ2) is 11.0. The van der Waals surface area contributed by atoms with Gasteiger partial charge in [0, 0.05) is 43.7 Å². The Bertz CT molecular complexity index is 752. The number of morpholine rings is 1. The van der Waals surface area contributed by atoms with E-state index in [1.54, 1.807) is 0 Å². The van der Waals surface area contributed by atoms with Gasteiger partial charge in [-0.25, -0.2) is 4.68 Å². The van der Waals surface area contributed by atoms with Crippen molar-refractivity contribution in [3.8, 4) is 5.75 Å². The van der Waals surface area contributed by atoms with E-state index in [0.29, 0.717) is 50.1 Å². The minimum Gasteiger partial charge on any atom is -0.491 e. The minimum absolute atomic E-state index is 0.0731. The van der Waals surface area contributed by atoms with E-state index in [0.717, 1.165) is 18.8 Å². The summed E-state index contributed by atoms with van der Waals surface area (Å²) in [6, 6.07) is 1.43. The fraction of sp³-hybridized carbons (Fsp3) is 0.667. The van der Waals surface area contributed by atoms with Gasteiger partial charge in [0.1, 0.15) is 18.0 Å². The van der Waals surface area contributed by atoms with Gasteiger partial charge in [-0.15, -0.1) is 0 Å². The highest BCUT2D eigenvalue weighted by molar-refractivity contribution is 5.75. The molecule has 0 saturated carbocycles. The summed E-state index contributed by atoms with van der Waals surface area (Å²) in [6.45, 7) is 16.1. The smallest absolute Gasteiger partial charge is 0.270 e. The van der Waals surface area contributed by atoms with Crippen molar-refractivity contribution in [2.75, 3.05) is 39.5 Å². The monoisotopic (exact) mass is 406 g/mol. The van der Waals surface area contributed by atoms with Crippen molar-refractivity contribution in [2.24, 2.45) is 5.92 Å². The Morgan fingerprint density at radius 2 is 2.00 bits per heavy atom. The third-order valence-electron chi connectivity index (χ3n) is 4.60. The number of rotatable bonds is 10. The number of hydrogen-bond acceptors (Lipinski definition) is 6. The van der Waals surface area contributed by atoms with Gasteiger partial charge in [0.15, 0.2) is 0 Å². The molecule has 1 N–H and O–H groups in total. The van der Waals surface area contributed by atoms with Crippen molar-refractivity contribution in [3.05, 3.63) is 34.4 Å². The molecule has 1 amide bonds. The van der Waals surface area contributed by atoms with Gasteiger partial charge in [-0.2, -0.15) is 5.10 Å². The Balaban J connectivity index is 1.92. The number of carbonyl (C=O) groups is 1. The first-order valence-corrected chi connectivity index (χ1v) is 10.3. The third kappa shape index (κ3) is 7.20. The zero-order valence-electron chi connectivity index (χ0n) is 18.1. The lowest BCUT2D eigenvalue weighted by Crippen LogP contribution is -2.37. The van der Waals surface area contributed by atoms with Gasteiger partial charge in [-0.3, -0.25) is 9.59 Å². The number of amides is 1. The molecule has 1 aliphatic rings. The molecule has 1 aromatic heterocycles. The predicted molar refractivity (Wildman–Crippen MR) is 112 cm³/mol. The molecule has 1 aromatic rings. The van der Waals surface area contributed by atoms with E-state index in [1.807, 2.05) is 27.7 Å². The quantitative estimate of drug-likeness (QED) is 0.637. The van der Waals surface area contributed by atoms with Gasteiger partial charge in [0.2, 0.25) is 5.91 Å². The summed E-state index contributed by atoms with van der Waals surface area (Å²) in [5, 5.41) is 7.23. The van der Waals surface area contributed by atoms with Crippen LogP contribution in [0.2, 0.25) is 0 Å². The van der Waals surface area contributed by atoms with E-state index in [4.69, 9.17) is 9.47 Å². The molecule has 8 heteroatoms. The molecule has 1 aliphatic heterocycles. The van der Waals surface area contributed by atoms with Crippen molar-refractivity contribution in [3.63, 3.8) is 0 Å². The Morgan fingerprint density at radius 3 is 2.62 bits per heavy atom. The highest BCUT2D eigenvalue weighted by Gasteiger charge is 2.16. The molecule has 8 nitrogen and oxygen atoms in total. The van der Waals surface area contributed by atoms with Gasteiger partial charge < -0.3 is 19.7 Å². The van der Waals surface area contributed by atoms with Crippen LogP contribution in [0.4, 0.5) is 0 Å². The zero-order chi connectivity index (χ0) is 21.4. The Hall–Kier alpha value is -2.35. The standard InChI is InChI=1S/C21H34N4O4/c1-15(2)14-29-18-12-20(27)25(23-21(18)16(3)4)13-19(26)22-7-6-17(5)24-8-10-28-11-9-24/h12,15-16H,5-11,13-14H2,1-4H3,(H,22,26). The predicted octanol–water partition coefficient (Wildman–Crippen LogP) is 1.75. The van der Waals surface area contributed by atoms with Crippen molar-refractivity contribution in [1.29, 1.82) is 0 Å². The molecule has 0 unspecified atom stereocenters. The number of ether oxygens (including phenoxy) is 2. The maximum atomic E-state index is 12.4. The zero-order valence-corrected chi connectivity index (χ0v) is 18.1. The molecule has 0 aliphatic carbocycles. The molecule has 0 spiro atoms. The molecule has 0 aromatic carbocycles. The molecule has 2 rings (SSSR count). The topological polar surface area (TPSA) is 85.7 Å². The molecule has 29 heavy (non-hydrogen) atoms. The van der Waals surface area contributed by atoms with Crippen LogP contribution in [0.25, 0.3) is 0 Å². The maximum absolute atomic E-state index is 12.4. The van der Waals surface area contributed by atoms with Crippen LogP contribution >= 0.6 is 0 Å². The van der Waals surface area contributed by atoms with Crippen molar-refractivity contribution >= 4 is 5.91 Å². The molecule has 2 heterocycles. The summed E-state index contributed by atoms with van der Waals surface area (Å²) in [4.78, 5) is 26.9. The SMILES string of the molecule is C=C(CCNC(=O)Cn1nc(C(C)C)c(OCC(C)C)cc1=O)N1CCOCC1. The van der Waals surface area contributed by atoms with E-state index in [1.165, 1.54) is 10.7 Å². The van der Waals surface area contributed by atoms with Crippen LogP contribution < -0.4 is 15.6 Å². The van der Waals surface area contributed by atoms with Gasteiger partial charge in [-0.1, -0.05) is 34.3 Å². The average Bonchev–Trinajstić information content (AvgIpc) is 2.68. The van der Waals surface area contributed by atoms with Gasteiger partial charge >= 0.3 is 0 Å². The first-order chi connectivity index (χ1) is 13.8. The first-order valence-electron chi connectivity index (χ1n) is 10.3. The molecular formula is C21H34N4O4. The van der Waals surface area contributed by atoms with Crippen LogP contribution in [0.15, 0.2) is 23.1 Å². The normalized spacial score (nSPS) is 14.3. The lowest BCUT2D eigenvalue weighted by atomic mass is 10.1. The Labute approximate surface area is 172 Å². The fourth-order valence-electron chi connectivity index (χ4n) is 2.95. The average molecular weight is 407 g/mol. The Kier molecular flexibility index (Phi) is 8.70. The molecule has 0 radical (unpaired) electrons. The highest BCUT2D eigenvalue weighted by atomic mass is 16.5. The Morgan fingerprint density at radius 1 is 1.31 bits per heavy atom.